The van der Waals surface area contributed by atoms with Crippen molar-refractivity contribution in [3.63, 3.8) is 0 Å². The van der Waals surface area contributed by atoms with E-state index in [0.717, 1.165) is 10.5 Å². The van der Waals surface area contributed by atoms with E-state index < -0.39 is 11.6 Å². The molecule has 1 aliphatic heterocycles. The second kappa shape index (κ2) is 7.13. The Bertz CT molecular complexity index is 693. The Kier molecular flexibility index (Phi) is 5.35. The van der Waals surface area contributed by atoms with Gasteiger partial charge in [-0.05, 0) is 39.8 Å². The highest BCUT2D eigenvalue weighted by atomic mass is 16.6. The molecule has 0 aromatic heterocycles. The summed E-state index contributed by atoms with van der Waals surface area (Å²) in [6.45, 7) is 7.28. The standard InChI is InChI=1S/C18H24N2O5/c1-12-13(20-10-9-15(21)19(5)17(20)23)7-6-8-14(12)24-11-16(22)25-18(2,3)4/h6-8H,9-11H2,1-5H3. The minimum absolute atomic E-state index is 0.198. The van der Waals surface area contributed by atoms with Gasteiger partial charge in [0.15, 0.2) is 6.61 Å². The van der Waals surface area contributed by atoms with Crippen molar-refractivity contribution in [3.8, 4) is 5.75 Å². The van der Waals surface area contributed by atoms with Gasteiger partial charge < -0.3 is 9.47 Å². The number of hydrogen-bond acceptors (Lipinski definition) is 5. The number of urea groups is 1. The van der Waals surface area contributed by atoms with Crippen molar-refractivity contribution in [1.82, 2.24) is 4.90 Å². The largest absolute Gasteiger partial charge is 0.482 e. The maximum Gasteiger partial charge on any atom is 0.344 e. The minimum atomic E-state index is -0.575. The molecular weight excluding hydrogens is 324 g/mol. The van der Waals surface area contributed by atoms with Crippen molar-refractivity contribution >= 4 is 23.6 Å². The van der Waals surface area contributed by atoms with Gasteiger partial charge in [0.05, 0.1) is 5.69 Å². The maximum absolute atomic E-state index is 12.3. The molecule has 1 aromatic carbocycles. The fourth-order valence-electron chi connectivity index (χ4n) is 2.54. The molecule has 0 bridgehead atoms. The fraction of sp³-hybridized carbons (Fsp3) is 0.500. The van der Waals surface area contributed by atoms with Gasteiger partial charge in [0.25, 0.3) is 0 Å². The van der Waals surface area contributed by atoms with E-state index in [1.165, 1.54) is 11.9 Å². The highest BCUT2D eigenvalue weighted by molar-refractivity contribution is 6.05. The van der Waals surface area contributed by atoms with Gasteiger partial charge in [-0.1, -0.05) is 6.07 Å². The summed E-state index contributed by atoms with van der Waals surface area (Å²) in [6.07, 6.45) is 0.269. The van der Waals surface area contributed by atoms with Crippen molar-refractivity contribution in [2.75, 3.05) is 25.1 Å². The van der Waals surface area contributed by atoms with E-state index in [1.54, 1.807) is 39.0 Å². The molecule has 0 aliphatic carbocycles. The van der Waals surface area contributed by atoms with Gasteiger partial charge in [-0.15, -0.1) is 0 Å². The van der Waals surface area contributed by atoms with E-state index in [0.29, 0.717) is 18.0 Å². The highest BCUT2D eigenvalue weighted by Crippen LogP contribution is 2.30. The number of carbonyl (C=O) groups excluding carboxylic acids is 3. The van der Waals surface area contributed by atoms with Crippen LogP contribution in [0.5, 0.6) is 5.75 Å². The smallest absolute Gasteiger partial charge is 0.344 e. The first kappa shape index (κ1) is 18.8. The molecule has 25 heavy (non-hydrogen) atoms. The van der Waals surface area contributed by atoms with E-state index in [2.05, 4.69) is 0 Å². The Labute approximate surface area is 147 Å². The van der Waals surface area contributed by atoms with Gasteiger partial charge in [-0.2, -0.15) is 0 Å². The van der Waals surface area contributed by atoms with Crippen LogP contribution in [-0.4, -0.2) is 48.6 Å². The van der Waals surface area contributed by atoms with Crippen molar-refractivity contribution in [2.45, 2.75) is 39.7 Å². The van der Waals surface area contributed by atoms with Crippen LogP contribution in [0, 0.1) is 6.92 Å². The first-order valence-corrected chi connectivity index (χ1v) is 8.12. The monoisotopic (exact) mass is 348 g/mol. The van der Waals surface area contributed by atoms with Gasteiger partial charge in [-0.25, -0.2) is 9.59 Å². The molecule has 1 saturated heterocycles. The predicted molar refractivity (Wildman–Crippen MR) is 92.6 cm³/mol. The zero-order chi connectivity index (χ0) is 18.8. The third-order valence-corrected chi connectivity index (χ3v) is 3.75. The summed E-state index contributed by atoms with van der Waals surface area (Å²) in [7, 11) is 1.47. The summed E-state index contributed by atoms with van der Waals surface area (Å²) in [4.78, 5) is 38.4. The number of rotatable bonds is 4. The third-order valence-electron chi connectivity index (χ3n) is 3.75. The molecule has 0 unspecified atom stereocenters. The molecule has 1 fully saturated rings. The van der Waals surface area contributed by atoms with Crippen LogP contribution < -0.4 is 9.64 Å². The molecule has 1 aromatic rings. The lowest BCUT2D eigenvalue weighted by molar-refractivity contribution is -0.157. The number of benzene rings is 1. The van der Waals surface area contributed by atoms with Crippen molar-refractivity contribution in [1.29, 1.82) is 0 Å². The molecule has 1 heterocycles. The molecule has 0 radical (unpaired) electrons. The number of ether oxygens (including phenoxy) is 2. The Morgan fingerprint density at radius 3 is 2.56 bits per heavy atom. The first-order valence-electron chi connectivity index (χ1n) is 8.12. The van der Waals surface area contributed by atoms with Gasteiger partial charge in [0.2, 0.25) is 5.91 Å². The molecule has 3 amide bonds. The van der Waals surface area contributed by atoms with E-state index in [-0.39, 0.29) is 25.0 Å². The summed E-state index contributed by atoms with van der Waals surface area (Å²) in [5, 5.41) is 0. The number of hydrogen-bond donors (Lipinski definition) is 0. The number of imide groups is 1. The second-order valence-electron chi connectivity index (χ2n) is 6.91. The van der Waals surface area contributed by atoms with Gasteiger partial charge in [0, 0.05) is 25.6 Å². The normalized spacial score (nSPS) is 15.4. The lowest BCUT2D eigenvalue weighted by Crippen LogP contribution is -2.50. The molecule has 0 atom stereocenters. The van der Waals surface area contributed by atoms with Crippen LogP contribution in [0.1, 0.15) is 32.8 Å². The highest BCUT2D eigenvalue weighted by Gasteiger charge is 2.31. The third kappa shape index (κ3) is 4.49. The number of anilines is 1. The van der Waals surface area contributed by atoms with Crippen LogP contribution >= 0.6 is 0 Å². The number of carbonyl (C=O) groups is 3. The molecule has 7 nitrogen and oxygen atoms in total. The molecule has 0 N–H and O–H groups in total. The Morgan fingerprint density at radius 2 is 1.92 bits per heavy atom. The van der Waals surface area contributed by atoms with E-state index in [9.17, 15) is 14.4 Å². The Hall–Kier alpha value is -2.57. The minimum Gasteiger partial charge on any atom is -0.482 e. The maximum atomic E-state index is 12.3. The summed E-state index contributed by atoms with van der Waals surface area (Å²) >= 11 is 0. The first-order chi connectivity index (χ1) is 11.6. The summed E-state index contributed by atoms with van der Waals surface area (Å²) in [5.74, 6) is -0.163. The Morgan fingerprint density at radius 1 is 1.24 bits per heavy atom. The number of nitrogens with zero attached hydrogens (tertiary/aromatic N) is 2. The second-order valence-corrected chi connectivity index (χ2v) is 6.91. The molecule has 0 saturated carbocycles. The average molecular weight is 348 g/mol. The topological polar surface area (TPSA) is 76.2 Å². The van der Waals surface area contributed by atoms with Crippen molar-refractivity contribution in [3.05, 3.63) is 23.8 Å². The van der Waals surface area contributed by atoms with Crippen LogP contribution in [0.4, 0.5) is 10.5 Å². The van der Waals surface area contributed by atoms with Gasteiger partial charge >= 0.3 is 12.0 Å². The Balaban J connectivity index is 2.13. The zero-order valence-electron chi connectivity index (χ0n) is 15.3. The van der Waals surface area contributed by atoms with E-state index >= 15 is 0 Å². The van der Waals surface area contributed by atoms with E-state index in [1.807, 2.05) is 6.92 Å². The number of esters is 1. The van der Waals surface area contributed by atoms with Crippen LogP contribution in [0.25, 0.3) is 0 Å². The van der Waals surface area contributed by atoms with Crippen LogP contribution in [0.3, 0.4) is 0 Å². The SMILES string of the molecule is Cc1c(OCC(=O)OC(C)(C)C)cccc1N1CCC(=O)N(C)C1=O. The number of amides is 3. The molecule has 0 spiro atoms. The molecule has 136 valence electrons. The summed E-state index contributed by atoms with van der Waals surface area (Å²) in [5.41, 5.74) is 0.808. The summed E-state index contributed by atoms with van der Waals surface area (Å²) < 4.78 is 10.8. The fourth-order valence-corrected chi connectivity index (χ4v) is 2.54. The molecule has 2 rings (SSSR count). The zero-order valence-corrected chi connectivity index (χ0v) is 15.3. The molecular formula is C18H24N2O5. The van der Waals surface area contributed by atoms with Crippen molar-refractivity contribution in [2.24, 2.45) is 0 Å². The van der Waals surface area contributed by atoms with E-state index in [4.69, 9.17) is 9.47 Å². The molecule has 7 heteroatoms. The summed E-state index contributed by atoms with van der Waals surface area (Å²) in [6, 6.07) is 4.89. The van der Waals surface area contributed by atoms with Crippen LogP contribution in [0.15, 0.2) is 18.2 Å². The van der Waals surface area contributed by atoms with Gasteiger partial charge in [0.1, 0.15) is 11.4 Å². The van der Waals surface area contributed by atoms with Crippen LogP contribution in [-0.2, 0) is 14.3 Å². The van der Waals surface area contributed by atoms with Gasteiger partial charge in [-0.3, -0.25) is 14.6 Å². The lowest BCUT2D eigenvalue weighted by Gasteiger charge is -2.33. The van der Waals surface area contributed by atoms with Crippen molar-refractivity contribution < 1.29 is 23.9 Å². The predicted octanol–water partition coefficient (Wildman–Crippen LogP) is 2.50. The van der Waals surface area contributed by atoms with Crippen LogP contribution in [0.2, 0.25) is 0 Å². The quantitative estimate of drug-likeness (QED) is 0.782. The lowest BCUT2D eigenvalue weighted by atomic mass is 10.1. The average Bonchev–Trinajstić information content (AvgIpc) is 2.51. The molecule has 1 aliphatic rings.